The molecule has 1 aliphatic rings. The molecule has 1 atom stereocenters. The number of nitrogens with zero attached hydrogens (tertiary/aromatic N) is 2. The summed E-state index contributed by atoms with van der Waals surface area (Å²) in [5.74, 6) is 0.141. The van der Waals surface area contributed by atoms with Crippen LogP contribution in [0.25, 0.3) is 0 Å². The number of nitrogens with two attached hydrogens (primary N) is 1. The number of methoxy groups -OCH3 is 1. The van der Waals surface area contributed by atoms with Gasteiger partial charge in [0.25, 0.3) is 0 Å². The van der Waals surface area contributed by atoms with Crippen LogP contribution < -0.4 is 10.6 Å². The SMILES string of the molecule is COC(CN)CC(=O)N1CCCN(c2ccccc2)CC1. The summed E-state index contributed by atoms with van der Waals surface area (Å²) in [7, 11) is 1.60. The van der Waals surface area contributed by atoms with Crippen molar-refractivity contribution < 1.29 is 9.53 Å². The number of amides is 1. The third kappa shape index (κ3) is 4.44. The number of hydrogen-bond acceptors (Lipinski definition) is 4. The molecule has 2 rings (SSSR count). The number of hydrogen-bond donors (Lipinski definition) is 1. The van der Waals surface area contributed by atoms with Crippen LogP contribution in [-0.4, -0.2) is 56.7 Å². The molecular weight excluding hydrogens is 266 g/mol. The predicted octanol–water partition coefficient (Wildman–Crippen LogP) is 1.09. The number of carbonyl (C=O) groups excluding carboxylic acids is 1. The molecule has 1 fully saturated rings. The Balaban J connectivity index is 1.90. The maximum Gasteiger partial charge on any atom is 0.225 e. The maximum absolute atomic E-state index is 12.3. The fourth-order valence-corrected chi connectivity index (χ4v) is 2.65. The molecule has 2 N–H and O–H groups in total. The zero-order valence-electron chi connectivity index (χ0n) is 12.7. The lowest BCUT2D eigenvalue weighted by Gasteiger charge is -2.24. The molecule has 1 aromatic carbocycles. The van der Waals surface area contributed by atoms with Crippen LogP contribution >= 0.6 is 0 Å². The van der Waals surface area contributed by atoms with Gasteiger partial charge in [-0.2, -0.15) is 0 Å². The lowest BCUT2D eigenvalue weighted by molar-refractivity contribution is -0.133. The predicted molar refractivity (Wildman–Crippen MR) is 84.3 cm³/mol. The van der Waals surface area contributed by atoms with Gasteiger partial charge in [0.15, 0.2) is 0 Å². The minimum atomic E-state index is -0.175. The van der Waals surface area contributed by atoms with Crippen molar-refractivity contribution in [1.82, 2.24) is 4.90 Å². The van der Waals surface area contributed by atoms with E-state index < -0.39 is 0 Å². The Hall–Kier alpha value is -1.59. The van der Waals surface area contributed by atoms with Gasteiger partial charge >= 0.3 is 0 Å². The summed E-state index contributed by atoms with van der Waals surface area (Å²) in [6, 6.07) is 10.4. The van der Waals surface area contributed by atoms with E-state index in [1.54, 1.807) is 7.11 Å². The van der Waals surface area contributed by atoms with Gasteiger partial charge in [-0.3, -0.25) is 4.79 Å². The third-order valence-corrected chi connectivity index (χ3v) is 3.97. The molecule has 1 amide bonds. The molecule has 0 saturated carbocycles. The number of para-hydroxylation sites is 1. The minimum absolute atomic E-state index is 0.141. The van der Waals surface area contributed by atoms with E-state index in [0.717, 1.165) is 32.6 Å². The summed E-state index contributed by atoms with van der Waals surface area (Å²) in [5.41, 5.74) is 6.81. The highest BCUT2D eigenvalue weighted by Crippen LogP contribution is 2.16. The van der Waals surface area contributed by atoms with Gasteiger partial charge in [-0.25, -0.2) is 0 Å². The van der Waals surface area contributed by atoms with Gasteiger partial charge in [-0.1, -0.05) is 18.2 Å². The van der Waals surface area contributed by atoms with E-state index in [2.05, 4.69) is 17.0 Å². The van der Waals surface area contributed by atoms with Crippen LogP contribution in [0, 0.1) is 0 Å². The molecule has 0 spiro atoms. The molecular formula is C16H25N3O2. The highest BCUT2D eigenvalue weighted by atomic mass is 16.5. The van der Waals surface area contributed by atoms with Crippen molar-refractivity contribution in [1.29, 1.82) is 0 Å². The maximum atomic E-state index is 12.3. The molecule has 1 aromatic rings. The summed E-state index contributed by atoms with van der Waals surface area (Å²) in [4.78, 5) is 16.6. The number of anilines is 1. The molecule has 0 radical (unpaired) electrons. The fraction of sp³-hybridized carbons (Fsp3) is 0.562. The van der Waals surface area contributed by atoms with E-state index in [1.807, 2.05) is 23.1 Å². The van der Waals surface area contributed by atoms with Gasteiger partial charge in [0, 0.05) is 45.5 Å². The lowest BCUT2D eigenvalue weighted by atomic mass is 10.2. The third-order valence-electron chi connectivity index (χ3n) is 3.97. The number of ether oxygens (including phenoxy) is 1. The molecule has 1 aliphatic heterocycles. The smallest absolute Gasteiger partial charge is 0.225 e. The standard InChI is InChI=1S/C16H25N3O2/c1-21-15(13-17)12-16(20)19-9-5-8-18(10-11-19)14-6-3-2-4-7-14/h2-4,6-7,15H,5,8-13,17H2,1H3. The van der Waals surface area contributed by atoms with Crippen molar-refractivity contribution in [3.63, 3.8) is 0 Å². The molecule has 1 saturated heterocycles. The highest BCUT2D eigenvalue weighted by Gasteiger charge is 2.21. The molecule has 5 nitrogen and oxygen atoms in total. The minimum Gasteiger partial charge on any atom is -0.380 e. The summed E-state index contributed by atoms with van der Waals surface area (Å²) >= 11 is 0. The van der Waals surface area contributed by atoms with Crippen LogP contribution in [0.15, 0.2) is 30.3 Å². The van der Waals surface area contributed by atoms with E-state index in [4.69, 9.17) is 10.5 Å². The van der Waals surface area contributed by atoms with E-state index in [9.17, 15) is 4.79 Å². The zero-order valence-corrected chi connectivity index (χ0v) is 12.7. The van der Waals surface area contributed by atoms with Crippen molar-refractivity contribution in [3.8, 4) is 0 Å². The lowest BCUT2D eigenvalue weighted by Crippen LogP contribution is -2.38. The van der Waals surface area contributed by atoms with Crippen LogP contribution in [0.2, 0.25) is 0 Å². The van der Waals surface area contributed by atoms with Gasteiger partial charge in [-0.15, -0.1) is 0 Å². The van der Waals surface area contributed by atoms with Crippen molar-refractivity contribution in [2.45, 2.75) is 18.9 Å². The Bertz CT molecular complexity index is 434. The van der Waals surface area contributed by atoms with Crippen LogP contribution in [0.1, 0.15) is 12.8 Å². The Morgan fingerprint density at radius 1 is 1.24 bits per heavy atom. The van der Waals surface area contributed by atoms with E-state index in [1.165, 1.54) is 5.69 Å². The molecule has 0 aromatic heterocycles. The zero-order chi connectivity index (χ0) is 15.1. The van der Waals surface area contributed by atoms with Gasteiger partial charge in [0.2, 0.25) is 5.91 Å². The number of benzene rings is 1. The van der Waals surface area contributed by atoms with Crippen LogP contribution in [0.5, 0.6) is 0 Å². The second kappa shape index (κ2) is 8.00. The van der Waals surface area contributed by atoms with E-state index in [0.29, 0.717) is 13.0 Å². The van der Waals surface area contributed by atoms with Crippen LogP contribution in [0.4, 0.5) is 5.69 Å². The number of rotatable bonds is 5. The molecule has 1 heterocycles. The van der Waals surface area contributed by atoms with Gasteiger partial charge in [0.05, 0.1) is 12.5 Å². The van der Waals surface area contributed by atoms with Crippen molar-refractivity contribution >= 4 is 11.6 Å². The average molecular weight is 291 g/mol. The van der Waals surface area contributed by atoms with Gasteiger partial charge in [-0.05, 0) is 18.6 Å². The van der Waals surface area contributed by atoms with Crippen molar-refractivity contribution in [2.75, 3.05) is 44.7 Å². The molecule has 116 valence electrons. The van der Waals surface area contributed by atoms with Crippen molar-refractivity contribution in [2.24, 2.45) is 5.73 Å². The molecule has 5 heteroatoms. The second-order valence-corrected chi connectivity index (χ2v) is 5.35. The van der Waals surface area contributed by atoms with Crippen LogP contribution in [-0.2, 0) is 9.53 Å². The summed E-state index contributed by atoms with van der Waals surface area (Å²) in [6.45, 7) is 3.80. The first-order valence-corrected chi connectivity index (χ1v) is 7.55. The fourth-order valence-electron chi connectivity index (χ4n) is 2.65. The second-order valence-electron chi connectivity index (χ2n) is 5.35. The largest absolute Gasteiger partial charge is 0.380 e. The number of carbonyl (C=O) groups is 1. The highest BCUT2D eigenvalue weighted by molar-refractivity contribution is 5.76. The first kappa shape index (κ1) is 15.8. The Kier molecular flexibility index (Phi) is 6.02. The molecule has 0 aliphatic carbocycles. The molecule has 0 bridgehead atoms. The quantitative estimate of drug-likeness (QED) is 0.882. The van der Waals surface area contributed by atoms with E-state index in [-0.39, 0.29) is 12.0 Å². The van der Waals surface area contributed by atoms with Gasteiger partial charge in [0.1, 0.15) is 0 Å². The Morgan fingerprint density at radius 2 is 2.00 bits per heavy atom. The van der Waals surface area contributed by atoms with Crippen molar-refractivity contribution in [3.05, 3.63) is 30.3 Å². The van der Waals surface area contributed by atoms with Crippen LogP contribution in [0.3, 0.4) is 0 Å². The van der Waals surface area contributed by atoms with E-state index >= 15 is 0 Å². The first-order valence-electron chi connectivity index (χ1n) is 7.55. The summed E-state index contributed by atoms with van der Waals surface area (Å²) < 4.78 is 5.20. The normalized spacial score (nSPS) is 17.4. The Labute approximate surface area is 126 Å². The summed E-state index contributed by atoms with van der Waals surface area (Å²) in [6.07, 6.45) is 1.19. The molecule has 21 heavy (non-hydrogen) atoms. The monoisotopic (exact) mass is 291 g/mol. The molecule has 1 unspecified atom stereocenters. The summed E-state index contributed by atoms with van der Waals surface area (Å²) in [5, 5.41) is 0. The Morgan fingerprint density at radius 3 is 2.67 bits per heavy atom. The first-order chi connectivity index (χ1) is 10.2. The average Bonchev–Trinajstić information content (AvgIpc) is 2.79. The topological polar surface area (TPSA) is 58.8 Å². The van der Waals surface area contributed by atoms with Gasteiger partial charge < -0.3 is 20.3 Å².